The molecule has 27 heavy (non-hydrogen) atoms. The molecule has 3 rings (SSSR count). The van der Waals surface area contributed by atoms with E-state index in [0.717, 1.165) is 5.56 Å². The van der Waals surface area contributed by atoms with Gasteiger partial charge in [-0.25, -0.2) is 4.79 Å². The maximum atomic E-state index is 13.2. The Labute approximate surface area is 161 Å². The monoisotopic (exact) mass is 385 g/mol. The van der Waals surface area contributed by atoms with Crippen LogP contribution >= 0.6 is 11.6 Å². The maximum Gasteiger partial charge on any atom is 0.330 e. The molecule has 1 aromatic heterocycles. The predicted octanol–water partition coefficient (Wildman–Crippen LogP) is 3.11. The molecule has 0 spiro atoms. The van der Waals surface area contributed by atoms with Crippen molar-refractivity contribution in [3.8, 4) is 11.8 Å². The highest BCUT2D eigenvalue weighted by Gasteiger charge is 2.26. The van der Waals surface area contributed by atoms with E-state index in [2.05, 4.69) is 6.07 Å². The van der Waals surface area contributed by atoms with Crippen LogP contribution in [0.1, 0.15) is 25.0 Å². The Hall–Kier alpha value is -2.75. The number of aromatic nitrogens is 2. The summed E-state index contributed by atoms with van der Waals surface area (Å²) in [6.45, 7) is 3.68. The Bertz CT molecular complexity index is 1110. The second-order valence-electron chi connectivity index (χ2n) is 6.96. The number of fused-ring (bicyclic) bond motifs is 1. The Morgan fingerprint density at radius 1 is 1.22 bits per heavy atom. The highest BCUT2D eigenvalue weighted by Crippen LogP contribution is 2.27. The molecule has 0 atom stereocenters. The van der Waals surface area contributed by atoms with Gasteiger partial charge in [-0.2, -0.15) is 5.26 Å². The van der Waals surface area contributed by atoms with Gasteiger partial charge >= 0.3 is 5.69 Å². The lowest BCUT2D eigenvalue weighted by atomic mass is 10.1. The minimum atomic E-state index is -0.785. The largest absolute Gasteiger partial charge is 0.495 e. The molecule has 0 aliphatic carbocycles. The number of aliphatic hydroxyl groups excluding tert-OH is 1. The number of nitriles is 1. The van der Waals surface area contributed by atoms with Gasteiger partial charge in [0, 0.05) is 0 Å². The maximum absolute atomic E-state index is 13.2. The summed E-state index contributed by atoms with van der Waals surface area (Å²) >= 11 is 6.09. The Morgan fingerprint density at radius 3 is 2.59 bits per heavy atom. The summed E-state index contributed by atoms with van der Waals surface area (Å²) in [7, 11) is 1.53. The molecule has 0 bridgehead atoms. The molecule has 0 aliphatic heterocycles. The third-order valence-electron chi connectivity index (χ3n) is 4.61. The predicted molar refractivity (Wildman–Crippen MR) is 104 cm³/mol. The van der Waals surface area contributed by atoms with Crippen LogP contribution in [-0.2, 0) is 12.1 Å². The number of imidazole rings is 1. The lowest BCUT2D eigenvalue weighted by molar-refractivity contribution is 0.164. The summed E-state index contributed by atoms with van der Waals surface area (Å²) in [5.74, 6) is 0.527. The first-order chi connectivity index (χ1) is 12.8. The molecule has 7 heteroatoms. The lowest BCUT2D eigenvalue weighted by Gasteiger charge is -2.23. The summed E-state index contributed by atoms with van der Waals surface area (Å²) in [5.41, 5.74) is 1.55. The van der Waals surface area contributed by atoms with Crippen LogP contribution in [0, 0.1) is 11.3 Å². The SMILES string of the molecule is COc1cc(Cn2c(=O)n(C(C)(C)CO)c3ccc(C#N)cc32)ccc1Cl. The van der Waals surface area contributed by atoms with Crippen LogP contribution < -0.4 is 10.4 Å². The lowest BCUT2D eigenvalue weighted by Crippen LogP contribution is -2.39. The van der Waals surface area contributed by atoms with Crippen molar-refractivity contribution in [1.29, 1.82) is 5.26 Å². The molecule has 0 saturated heterocycles. The molecule has 0 fully saturated rings. The molecule has 140 valence electrons. The molecule has 0 amide bonds. The van der Waals surface area contributed by atoms with Crippen molar-refractivity contribution in [2.24, 2.45) is 0 Å². The van der Waals surface area contributed by atoms with E-state index >= 15 is 0 Å². The molecule has 0 aliphatic rings. The summed E-state index contributed by atoms with van der Waals surface area (Å²) in [6.07, 6.45) is 0. The molecule has 1 heterocycles. The molecule has 6 nitrogen and oxygen atoms in total. The molecule has 0 unspecified atom stereocenters. The number of nitrogens with zero attached hydrogens (tertiary/aromatic N) is 3. The average Bonchev–Trinajstić information content (AvgIpc) is 2.94. The molecule has 3 aromatic rings. The van der Waals surface area contributed by atoms with Gasteiger partial charge < -0.3 is 9.84 Å². The van der Waals surface area contributed by atoms with E-state index in [-0.39, 0.29) is 18.8 Å². The first kappa shape index (κ1) is 19.0. The van der Waals surface area contributed by atoms with Gasteiger partial charge in [-0.3, -0.25) is 9.13 Å². The topological polar surface area (TPSA) is 80.2 Å². The number of halogens is 1. The van der Waals surface area contributed by atoms with Crippen molar-refractivity contribution >= 4 is 22.6 Å². The van der Waals surface area contributed by atoms with Crippen LogP contribution in [-0.4, -0.2) is 28.0 Å². The second-order valence-corrected chi connectivity index (χ2v) is 7.37. The average molecular weight is 386 g/mol. The van der Waals surface area contributed by atoms with Crippen molar-refractivity contribution in [3.05, 3.63) is 63.0 Å². The van der Waals surface area contributed by atoms with Crippen molar-refractivity contribution in [2.45, 2.75) is 25.9 Å². The Kier molecular flexibility index (Phi) is 5.01. The fourth-order valence-corrected chi connectivity index (χ4v) is 3.31. The van der Waals surface area contributed by atoms with Crippen molar-refractivity contribution in [3.63, 3.8) is 0 Å². The fraction of sp³-hybridized carbons (Fsp3) is 0.300. The van der Waals surface area contributed by atoms with Crippen LogP contribution in [0.4, 0.5) is 0 Å². The number of methoxy groups -OCH3 is 1. The number of hydrogen-bond donors (Lipinski definition) is 1. The summed E-state index contributed by atoms with van der Waals surface area (Å²) in [5, 5.41) is 19.5. The van der Waals surface area contributed by atoms with Gasteiger partial charge in [-0.05, 0) is 49.7 Å². The van der Waals surface area contributed by atoms with E-state index in [1.54, 1.807) is 53.3 Å². The van der Waals surface area contributed by atoms with Gasteiger partial charge in [-0.15, -0.1) is 0 Å². The Morgan fingerprint density at radius 2 is 1.96 bits per heavy atom. The first-order valence-electron chi connectivity index (χ1n) is 8.41. The summed E-state index contributed by atoms with van der Waals surface area (Å²) in [6, 6.07) is 12.5. The second kappa shape index (κ2) is 7.10. The van der Waals surface area contributed by atoms with Crippen molar-refractivity contribution < 1.29 is 9.84 Å². The molecule has 1 N–H and O–H groups in total. The molecular weight excluding hydrogens is 366 g/mol. The third kappa shape index (κ3) is 3.32. The number of benzene rings is 2. The van der Waals surface area contributed by atoms with Crippen molar-refractivity contribution in [1.82, 2.24) is 9.13 Å². The quantitative estimate of drug-likeness (QED) is 0.731. The number of hydrogen-bond acceptors (Lipinski definition) is 4. The number of ether oxygens (including phenoxy) is 1. The van der Waals surface area contributed by atoms with Gasteiger partial charge in [0.25, 0.3) is 0 Å². The fourth-order valence-electron chi connectivity index (χ4n) is 3.12. The zero-order valence-corrected chi connectivity index (χ0v) is 16.1. The minimum absolute atomic E-state index is 0.194. The van der Waals surface area contributed by atoms with Crippen LogP contribution in [0.25, 0.3) is 11.0 Å². The van der Waals surface area contributed by atoms with Gasteiger partial charge in [0.05, 0.1) is 53.5 Å². The van der Waals surface area contributed by atoms with E-state index in [1.165, 1.54) is 7.11 Å². The molecule has 0 radical (unpaired) electrons. The smallest absolute Gasteiger partial charge is 0.330 e. The molecular formula is C20H20ClN3O3. The standard InChI is InChI=1S/C20H20ClN3O3/c1-20(2,12-25)24-16-7-5-13(10-22)8-17(16)23(19(24)26)11-14-4-6-15(21)18(9-14)27-3/h4-9,25H,11-12H2,1-3H3. The normalized spacial score (nSPS) is 11.6. The van der Waals surface area contributed by atoms with Gasteiger partial charge in [0.2, 0.25) is 0 Å². The number of aliphatic hydroxyl groups is 1. The van der Waals surface area contributed by atoms with E-state index < -0.39 is 5.54 Å². The zero-order chi connectivity index (χ0) is 19.8. The van der Waals surface area contributed by atoms with E-state index in [1.807, 2.05) is 6.07 Å². The van der Waals surface area contributed by atoms with Crippen LogP contribution in [0.3, 0.4) is 0 Å². The summed E-state index contributed by atoms with van der Waals surface area (Å²) in [4.78, 5) is 13.2. The molecule has 2 aromatic carbocycles. The highest BCUT2D eigenvalue weighted by atomic mass is 35.5. The highest BCUT2D eigenvalue weighted by molar-refractivity contribution is 6.32. The van der Waals surface area contributed by atoms with E-state index in [0.29, 0.717) is 27.4 Å². The van der Waals surface area contributed by atoms with Crippen LogP contribution in [0.15, 0.2) is 41.2 Å². The van der Waals surface area contributed by atoms with Crippen LogP contribution in [0.2, 0.25) is 5.02 Å². The third-order valence-corrected chi connectivity index (χ3v) is 4.92. The summed E-state index contributed by atoms with van der Waals surface area (Å²) < 4.78 is 8.41. The van der Waals surface area contributed by atoms with Gasteiger partial charge in [-0.1, -0.05) is 17.7 Å². The first-order valence-corrected chi connectivity index (χ1v) is 8.79. The van der Waals surface area contributed by atoms with Gasteiger partial charge in [0.1, 0.15) is 5.75 Å². The minimum Gasteiger partial charge on any atom is -0.495 e. The molecule has 0 saturated carbocycles. The Balaban J connectivity index is 2.24. The zero-order valence-electron chi connectivity index (χ0n) is 15.4. The van der Waals surface area contributed by atoms with Gasteiger partial charge in [0.15, 0.2) is 0 Å². The van der Waals surface area contributed by atoms with E-state index in [9.17, 15) is 15.2 Å². The van der Waals surface area contributed by atoms with Crippen molar-refractivity contribution in [2.75, 3.05) is 13.7 Å². The van der Waals surface area contributed by atoms with Crippen LogP contribution in [0.5, 0.6) is 5.75 Å². The van der Waals surface area contributed by atoms with E-state index in [4.69, 9.17) is 16.3 Å². The number of rotatable bonds is 5.